The van der Waals surface area contributed by atoms with Crippen LogP contribution in [0.4, 0.5) is 0 Å². The number of nitrogens with zero attached hydrogens (tertiary/aromatic N) is 1. The Hall–Kier alpha value is -2.11. The maximum atomic E-state index is 11.5. The normalized spacial score (nSPS) is 14.8. The Morgan fingerprint density at radius 1 is 1.12 bits per heavy atom. The van der Waals surface area contributed by atoms with Gasteiger partial charge in [0.25, 0.3) is 0 Å². The highest BCUT2D eigenvalue weighted by molar-refractivity contribution is 5.92. The van der Waals surface area contributed by atoms with Crippen molar-refractivity contribution in [3.8, 4) is 0 Å². The fourth-order valence-corrected chi connectivity index (χ4v) is 1.49. The molecule has 1 aromatic rings. The standard InChI is InChI=1S/C10H9NO5/c12-8-6(9(13)14)3-11(5-1-2-5)4-7(8)10(15)16/h3-5H,1-2H2,(H,13,14)(H,15,16). The summed E-state index contributed by atoms with van der Waals surface area (Å²) in [7, 11) is 0. The molecule has 0 amide bonds. The first-order valence-corrected chi connectivity index (χ1v) is 4.73. The Bertz CT molecular complexity index is 488. The molecule has 1 fully saturated rings. The van der Waals surface area contributed by atoms with Crippen LogP contribution < -0.4 is 5.43 Å². The lowest BCUT2D eigenvalue weighted by molar-refractivity contribution is 0.0693. The SMILES string of the molecule is O=C(O)c1cn(C2CC2)cc(C(=O)O)c1=O. The Balaban J connectivity index is 2.64. The van der Waals surface area contributed by atoms with Crippen LogP contribution in [0.5, 0.6) is 0 Å². The van der Waals surface area contributed by atoms with Crippen LogP contribution in [0, 0.1) is 0 Å². The molecule has 84 valence electrons. The number of carbonyl (C=O) groups is 2. The number of aromatic nitrogens is 1. The molecule has 6 heteroatoms. The van der Waals surface area contributed by atoms with E-state index in [4.69, 9.17) is 10.2 Å². The van der Waals surface area contributed by atoms with Gasteiger partial charge in [0.15, 0.2) is 0 Å². The summed E-state index contributed by atoms with van der Waals surface area (Å²) in [5.41, 5.74) is -1.93. The van der Waals surface area contributed by atoms with Crippen LogP contribution >= 0.6 is 0 Å². The summed E-state index contributed by atoms with van der Waals surface area (Å²) in [6.07, 6.45) is 4.16. The molecule has 6 nitrogen and oxygen atoms in total. The Morgan fingerprint density at radius 3 is 1.88 bits per heavy atom. The van der Waals surface area contributed by atoms with Gasteiger partial charge in [-0.25, -0.2) is 9.59 Å². The van der Waals surface area contributed by atoms with E-state index in [0.717, 1.165) is 12.8 Å². The monoisotopic (exact) mass is 223 g/mol. The van der Waals surface area contributed by atoms with Crippen LogP contribution in [0.2, 0.25) is 0 Å². The van der Waals surface area contributed by atoms with E-state index in [1.165, 1.54) is 17.0 Å². The van der Waals surface area contributed by atoms with Crippen molar-refractivity contribution in [3.63, 3.8) is 0 Å². The van der Waals surface area contributed by atoms with Crippen molar-refractivity contribution in [3.05, 3.63) is 33.7 Å². The van der Waals surface area contributed by atoms with Crippen molar-refractivity contribution in [1.29, 1.82) is 0 Å². The second-order valence-corrected chi connectivity index (χ2v) is 3.70. The molecule has 1 aliphatic carbocycles. The molecule has 0 atom stereocenters. The zero-order chi connectivity index (χ0) is 11.9. The third kappa shape index (κ3) is 1.69. The van der Waals surface area contributed by atoms with Gasteiger partial charge in [0, 0.05) is 18.4 Å². The number of pyridine rings is 1. The van der Waals surface area contributed by atoms with Crippen LogP contribution in [0.3, 0.4) is 0 Å². The molecule has 0 aliphatic heterocycles. The first-order valence-electron chi connectivity index (χ1n) is 4.73. The number of carboxylic acids is 2. The van der Waals surface area contributed by atoms with Crippen molar-refractivity contribution < 1.29 is 19.8 Å². The largest absolute Gasteiger partial charge is 0.477 e. The molecule has 2 N–H and O–H groups in total. The number of rotatable bonds is 3. The fraction of sp³-hybridized carbons (Fsp3) is 0.300. The van der Waals surface area contributed by atoms with E-state index in [0.29, 0.717) is 0 Å². The summed E-state index contributed by atoms with van der Waals surface area (Å²) in [5.74, 6) is -2.80. The van der Waals surface area contributed by atoms with Crippen LogP contribution in [-0.4, -0.2) is 26.7 Å². The Labute approximate surface area is 89.8 Å². The van der Waals surface area contributed by atoms with Crippen LogP contribution in [0.25, 0.3) is 0 Å². The van der Waals surface area contributed by atoms with Crippen molar-refractivity contribution in [2.24, 2.45) is 0 Å². The van der Waals surface area contributed by atoms with Gasteiger partial charge in [0.2, 0.25) is 5.43 Å². The summed E-state index contributed by atoms with van der Waals surface area (Å²) in [6.45, 7) is 0. The zero-order valence-electron chi connectivity index (χ0n) is 8.21. The molecule has 1 aromatic heterocycles. The second kappa shape index (κ2) is 3.48. The molecule has 0 spiro atoms. The van der Waals surface area contributed by atoms with Gasteiger partial charge in [-0.1, -0.05) is 0 Å². The summed E-state index contributed by atoms with van der Waals surface area (Å²) in [4.78, 5) is 33.0. The van der Waals surface area contributed by atoms with Gasteiger partial charge in [-0.05, 0) is 12.8 Å². The summed E-state index contributed by atoms with van der Waals surface area (Å²) < 4.78 is 1.49. The molecule has 0 aromatic carbocycles. The minimum Gasteiger partial charge on any atom is -0.477 e. The van der Waals surface area contributed by atoms with E-state index in [1.54, 1.807) is 0 Å². The maximum absolute atomic E-state index is 11.5. The van der Waals surface area contributed by atoms with Crippen LogP contribution in [0.15, 0.2) is 17.2 Å². The molecular formula is C10H9NO5. The molecule has 0 unspecified atom stereocenters. The quantitative estimate of drug-likeness (QED) is 0.781. The van der Waals surface area contributed by atoms with Gasteiger partial charge in [-0.3, -0.25) is 4.79 Å². The van der Waals surface area contributed by atoms with Gasteiger partial charge in [-0.2, -0.15) is 0 Å². The first-order chi connectivity index (χ1) is 7.50. The molecule has 0 saturated heterocycles. The average molecular weight is 223 g/mol. The number of aromatic carboxylic acids is 2. The van der Waals surface area contributed by atoms with Crippen LogP contribution in [0.1, 0.15) is 39.6 Å². The lowest BCUT2D eigenvalue weighted by atomic mass is 10.2. The van der Waals surface area contributed by atoms with Crippen molar-refractivity contribution in [2.75, 3.05) is 0 Å². The van der Waals surface area contributed by atoms with Crippen LogP contribution in [-0.2, 0) is 0 Å². The van der Waals surface area contributed by atoms with E-state index >= 15 is 0 Å². The molecule has 1 aliphatic rings. The van der Waals surface area contributed by atoms with Gasteiger partial charge in [-0.15, -0.1) is 0 Å². The lowest BCUT2D eigenvalue weighted by Gasteiger charge is -2.06. The number of hydrogen-bond acceptors (Lipinski definition) is 3. The highest BCUT2D eigenvalue weighted by atomic mass is 16.4. The third-order valence-corrected chi connectivity index (χ3v) is 2.47. The lowest BCUT2D eigenvalue weighted by Crippen LogP contribution is -2.24. The molecule has 2 rings (SSSR count). The predicted molar refractivity (Wildman–Crippen MR) is 52.9 cm³/mol. The van der Waals surface area contributed by atoms with Crippen molar-refractivity contribution >= 4 is 11.9 Å². The molecule has 1 heterocycles. The molecule has 0 radical (unpaired) electrons. The topological polar surface area (TPSA) is 96.6 Å². The second-order valence-electron chi connectivity index (χ2n) is 3.70. The number of hydrogen-bond donors (Lipinski definition) is 2. The minimum atomic E-state index is -1.40. The Kier molecular flexibility index (Phi) is 2.26. The van der Waals surface area contributed by atoms with E-state index in [2.05, 4.69) is 0 Å². The summed E-state index contributed by atoms with van der Waals surface area (Å²) in [5, 5.41) is 17.6. The van der Waals surface area contributed by atoms with Crippen molar-refractivity contribution in [2.45, 2.75) is 18.9 Å². The van der Waals surface area contributed by atoms with Gasteiger partial charge >= 0.3 is 11.9 Å². The Morgan fingerprint density at radius 2 is 1.56 bits per heavy atom. The van der Waals surface area contributed by atoms with Gasteiger partial charge < -0.3 is 14.8 Å². The minimum absolute atomic E-state index is 0.122. The molecule has 16 heavy (non-hydrogen) atoms. The predicted octanol–water partition coefficient (Wildman–Crippen LogP) is 0.580. The summed E-state index contributed by atoms with van der Waals surface area (Å²) >= 11 is 0. The van der Waals surface area contributed by atoms with Gasteiger partial charge in [0.05, 0.1) is 0 Å². The third-order valence-electron chi connectivity index (χ3n) is 2.47. The maximum Gasteiger partial charge on any atom is 0.341 e. The first kappa shape index (κ1) is 10.4. The molecular weight excluding hydrogens is 214 g/mol. The number of carboxylic acid groups (broad SMARTS) is 2. The van der Waals surface area contributed by atoms with E-state index in [9.17, 15) is 14.4 Å². The zero-order valence-corrected chi connectivity index (χ0v) is 8.21. The molecule has 0 bridgehead atoms. The average Bonchev–Trinajstić information content (AvgIpc) is 3.00. The van der Waals surface area contributed by atoms with E-state index in [1.807, 2.05) is 0 Å². The summed E-state index contributed by atoms with van der Waals surface area (Å²) in [6, 6.07) is 0.122. The van der Waals surface area contributed by atoms with Crippen molar-refractivity contribution in [1.82, 2.24) is 4.57 Å². The highest BCUT2D eigenvalue weighted by Crippen LogP contribution is 2.34. The van der Waals surface area contributed by atoms with Gasteiger partial charge in [0.1, 0.15) is 11.1 Å². The molecule has 1 saturated carbocycles. The van der Waals surface area contributed by atoms with E-state index in [-0.39, 0.29) is 6.04 Å². The smallest absolute Gasteiger partial charge is 0.341 e. The van der Waals surface area contributed by atoms with E-state index < -0.39 is 28.5 Å². The highest BCUT2D eigenvalue weighted by Gasteiger charge is 2.26. The fourth-order valence-electron chi connectivity index (χ4n) is 1.49.